The highest BCUT2D eigenvalue weighted by Crippen LogP contribution is 2.40. The smallest absolute Gasteiger partial charge is 0.263 e. The van der Waals surface area contributed by atoms with Crippen LogP contribution in [-0.4, -0.2) is 34.1 Å². The number of hydrogen-bond donors (Lipinski definition) is 3. The zero-order chi connectivity index (χ0) is 28.3. The van der Waals surface area contributed by atoms with Crippen molar-refractivity contribution in [3.05, 3.63) is 103 Å². The summed E-state index contributed by atoms with van der Waals surface area (Å²) in [4.78, 5) is 8.34. The second-order valence-electron chi connectivity index (χ2n) is 8.82. The largest absolute Gasteiger partial charge is 0.368 e. The summed E-state index contributed by atoms with van der Waals surface area (Å²) in [5.41, 5.74) is 9.91. The summed E-state index contributed by atoms with van der Waals surface area (Å²) < 4.78 is 29.6. The summed E-state index contributed by atoms with van der Waals surface area (Å²) >= 11 is 0. The number of nitrogens with two attached hydrogens (primary N) is 1. The highest BCUT2D eigenvalue weighted by Gasteiger charge is 2.22. The Balaban J connectivity index is 1.51. The van der Waals surface area contributed by atoms with Crippen molar-refractivity contribution in [2.24, 2.45) is 16.0 Å². The molecule has 12 heteroatoms. The Hall–Kier alpha value is -5.23. The van der Waals surface area contributed by atoms with Crippen molar-refractivity contribution < 1.29 is 8.42 Å². The van der Waals surface area contributed by atoms with Gasteiger partial charge >= 0.3 is 0 Å². The van der Waals surface area contributed by atoms with Gasteiger partial charge < -0.3 is 5.73 Å². The van der Waals surface area contributed by atoms with E-state index in [1.165, 1.54) is 16.8 Å². The first kappa shape index (κ1) is 26.4. The Labute approximate surface area is 231 Å². The van der Waals surface area contributed by atoms with Crippen molar-refractivity contribution in [1.82, 2.24) is 19.7 Å². The summed E-state index contributed by atoms with van der Waals surface area (Å²) in [7, 11) is -3.89. The van der Waals surface area contributed by atoms with Crippen molar-refractivity contribution >= 4 is 33.2 Å². The zero-order valence-corrected chi connectivity index (χ0v) is 22.5. The Kier molecular flexibility index (Phi) is 7.17. The molecule has 0 amide bonds. The number of nitrogen functional groups attached to an aromatic ring is 1. The van der Waals surface area contributed by atoms with Crippen LogP contribution in [0.1, 0.15) is 11.5 Å². The second-order valence-corrected chi connectivity index (χ2v) is 10.5. The van der Waals surface area contributed by atoms with E-state index in [-0.39, 0.29) is 16.7 Å². The first-order chi connectivity index (χ1) is 19.2. The molecule has 11 nitrogen and oxygen atoms in total. The van der Waals surface area contributed by atoms with Gasteiger partial charge in [0.1, 0.15) is 28.7 Å². The van der Waals surface area contributed by atoms with Gasteiger partial charge in [-0.3, -0.25) is 10.1 Å². The molecule has 0 spiro atoms. The van der Waals surface area contributed by atoms with Crippen molar-refractivity contribution in [3.8, 4) is 22.5 Å². The fourth-order valence-corrected chi connectivity index (χ4v) is 5.08. The average molecular weight is 552 g/mol. The van der Waals surface area contributed by atoms with E-state index < -0.39 is 10.0 Å². The lowest BCUT2D eigenvalue weighted by atomic mass is 10.1. The van der Waals surface area contributed by atoms with E-state index in [1.54, 1.807) is 32.0 Å². The highest BCUT2D eigenvalue weighted by atomic mass is 32.2. The third-order valence-electron chi connectivity index (χ3n) is 5.80. The van der Waals surface area contributed by atoms with Crippen LogP contribution in [0.5, 0.6) is 0 Å². The van der Waals surface area contributed by atoms with E-state index in [2.05, 4.69) is 30.0 Å². The van der Waals surface area contributed by atoms with Crippen LogP contribution in [0.3, 0.4) is 0 Å². The molecular formula is C28H25N9O2S. The number of aromatic nitrogens is 4. The van der Waals surface area contributed by atoms with Gasteiger partial charge in [0, 0.05) is 22.9 Å². The van der Waals surface area contributed by atoms with Gasteiger partial charge in [0.25, 0.3) is 10.0 Å². The van der Waals surface area contributed by atoms with E-state index in [0.29, 0.717) is 34.3 Å². The number of hydrogen-bond acceptors (Lipinski definition) is 8. The fraction of sp³-hybridized carbons (Fsp3) is 0.0714. The SMILES string of the molecule is Cc1cc(NS(=O)(=O)c2ccc(N=Nc3c(-c4ccccc4)nn(C(=N)N)c3-c3ccccc3)cc2)nc(C)n1. The molecule has 0 saturated heterocycles. The van der Waals surface area contributed by atoms with Crippen LogP contribution < -0.4 is 10.5 Å². The van der Waals surface area contributed by atoms with Gasteiger partial charge in [-0.15, -0.1) is 5.11 Å². The minimum Gasteiger partial charge on any atom is -0.368 e. The van der Waals surface area contributed by atoms with Gasteiger partial charge in [0.2, 0.25) is 5.96 Å². The number of benzene rings is 3. The van der Waals surface area contributed by atoms with E-state index >= 15 is 0 Å². The first-order valence-electron chi connectivity index (χ1n) is 12.2. The van der Waals surface area contributed by atoms with Crippen LogP contribution in [0, 0.1) is 19.3 Å². The number of azo groups is 1. The number of rotatable bonds is 7. The molecule has 0 saturated carbocycles. The molecule has 0 aliphatic rings. The lowest BCUT2D eigenvalue weighted by Gasteiger charge is -2.08. The summed E-state index contributed by atoms with van der Waals surface area (Å²) in [6, 6.07) is 26.3. The molecular weight excluding hydrogens is 526 g/mol. The molecule has 40 heavy (non-hydrogen) atoms. The fourth-order valence-electron chi connectivity index (χ4n) is 4.09. The number of nitrogens with zero attached hydrogens (tertiary/aromatic N) is 6. The average Bonchev–Trinajstić information content (AvgIpc) is 3.32. The maximum atomic E-state index is 12.9. The van der Waals surface area contributed by atoms with Crippen LogP contribution >= 0.6 is 0 Å². The molecule has 0 aliphatic carbocycles. The number of aryl methyl sites for hydroxylation is 2. The highest BCUT2D eigenvalue weighted by molar-refractivity contribution is 7.92. The maximum Gasteiger partial charge on any atom is 0.263 e. The molecule has 3 aromatic carbocycles. The molecule has 0 unspecified atom stereocenters. The number of anilines is 1. The van der Waals surface area contributed by atoms with E-state index in [1.807, 2.05) is 60.7 Å². The van der Waals surface area contributed by atoms with Crippen molar-refractivity contribution in [1.29, 1.82) is 5.41 Å². The molecule has 0 bridgehead atoms. The molecule has 0 radical (unpaired) electrons. The minimum absolute atomic E-state index is 0.0414. The van der Waals surface area contributed by atoms with Gasteiger partial charge in [-0.05, 0) is 38.1 Å². The third-order valence-corrected chi connectivity index (χ3v) is 7.17. The molecule has 0 aliphatic heterocycles. The van der Waals surface area contributed by atoms with Gasteiger partial charge in [-0.2, -0.15) is 14.9 Å². The monoisotopic (exact) mass is 551 g/mol. The molecule has 2 aromatic heterocycles. The second kappa shape index (κ2) is 10.9. The molecule has 2 heterocycles. The molecule has 0 fully saturated rings. The third kappa shape index (κ3) is 5.61. The lowest BCUT2D eigenvalue weighted by Crippen LogP contribution is -2.22. The Bertz CT molecular complexity index is 1800. The van der Waals surface area contributed by atoms with Gasteiger partial charge in [-0.1, -0.05) is 60.7 Å². The zero-order valence-electron chi connectivity index (χ0n) is 21.6. The van der Waals surface area contributed by atoms with Crippen LogP contribution in [0.15, 0.2) is 106 Å². The Morgan fingerprint density at radius 1 is 0.875 bits per heavy atom. The van der Waals surface area contributed by atoms with Crippen LogP contribution in [0.25, 0.3) is 22.5 Å². The van der Waals surface area contributed by atoms with Crippen molar-refractivity contribution in [2.75, 3.05) is 4.72 Å². The van der Waals surface area contributed by atoms with E-state index in [9.17, 15) is 8.42 Å². The quantitative estimate of drug-likeness (QED) is 0.136. The van der Waals surface area contributed by atoms with Crippen molar-refractivity contribution in [3.63, 3.8) is 0 Å². The molecule has 5 rings (SSSR count). The molecule has 200 valence electrons. The predicted octanol–water partition coefficient (Wildman–Crippen LogP) is 5.58. The van der Waals surface area contributed by atoms with E-state index in [0.717, 1.165) is 11.1 Å². The summed E-state index contributed by atoms with van der Waals surface area (Å²) in [5, 5.41) is 21.6. The number of nitrogens with one attached hydrogen (secondary N) is 2. The van der Waals surface area contributed by atoms with E-state index in [4.69, 9.17) is 11.1 Å². The Morgan fingerprint density at radius 2 is 1.50 bits per heavy atom. The maximum absolute atomic E-state index is 12.9. The Morgan fingerprint density at radius 3 is 2.10 bits per heavy atom. The summed E-state index contributed by atoms with van der Waals surface area (Å²) in [6.07, 6.45) is 0. The predicted molar refractivity (Wildman–Crippen MR) is 153 cm³/mol. The minimum atomic E-state index is -3.89. The lowest BCUT2D eigenvalue weighted by molar-refractivity contribution is 0.601. The van der Waals surface area contributed by atoms with Gasteiger partial charge in [0.15, 0.2) is 0 Å². The standard InChI is InChI=1S/C28H25N9O2S/c1-18-17-24(32-19(2)31-18)36-40(38,39)23-15-13-22(14-16-23)33-34-26-25(20-9-5-3-6-10-20)35-37(28(29)30)27(26)21-11-7-4-8-12-21/h3-17H,1-2H3,(H3,29,30)(H,31,32,36). The molecule has 0 atom stereocenters. The van der Waals surface area contributed by atoms with Crippen LogP contribution in [0.4, 0.5) is 17.2 Å². The van der Waals surface area contributed by atoms with Gasteiger partial charge in [-0.25, -0.2) is 18.4 Å². The molecule has 4 N–H and O–H groups in total. The summed E-state index contributed by atoms with van der Waals surface area (Å²) in [6.45, 7) is 3.45. The topological polar surface area (TPSA) is 164 Å². The molecule has 5 aromatic rings. The normalized spacial score (nSPS) is 11.6. The summed E-state index contributed by atoms with van der Waals surface area (Å²) in [5.74, 6) is 0.387. The van der Waals surface area contributed by atoms with Crippen molar-refractivity contribution in [2.45, 2.75) is 18.7 Å². The first-order valence-corrected chi connectivity index (χ1v) is 13.6. The number of sulfonamides is 1. The van der Waals surface area contributed by atoms with Gasteiger partial charge in [0.05, 0.1) is 10.6 Å². The van der Waals surface area contributed by atoms with Crippen LogP contribution in [-0.2, 0) is 10.0 Å². The van der Waals surface area contributed by atoms with Crippen LogP contribution in [0.2, 0.25) is 0 Å².